The van der Waals surface area contributed by atoms with E-state index in [-0.39, 0.29) is 11.5 Å². The predicted molar refractivity (Wildman–Crippen MR) is 105 cm³/mol. The molecule has 1 saturated heterocycles. The van der Waals surface area contributed by atoms with Crippen molar-refractivity contribution in [3.63, 3.8) is 0 Å². The topological polar surface area (TPSA) is 72.9 Å². The molecule has 0 aliphatic carbocycles. The summed E-state index contributed by atoms with van der Waals surface area (Å²) >= 11 is 0. The van der Waals surface area contributed by atoms with Gasteiger partial charge in [0.1, 0.15) is 0 Å². The summed E-state index contributed by atoms with van der Waals surface area (Å²) in [6.07, 6.45) is 0.448. The van der Waals surface area contributed by atoms with Crippen LogP contribution in [0.5, 0.6) is 0 Å². The zero-order valence-corrected chi connectivity index (χ0v) is 15.3. The second-order valence-corrected chi connectivity index (χ2v) is 6.64. The first-order valence-electron chi connectivity index (χ1n) is 9.24. The van der Waals surface area contributed by atoms with Gasteiger partial charge < -0.3 is 20.2 Å². The molecule has 2 aromatic carbocycles. The second kappa shape index (κ2) is 9.19. The van der Waals surface area contributed by atoms with Gasteiger partial charge in [0.2, 0.25) is 5.91 Å². The number of para-hydroxylation sites is 1. The molecule has 0 unspecified atom stereocenters. The number of rotatable bonds is 7. The molecule has 0 radical (unpaired) electrons. The van der Waals surface area contributed by atoms with Gasteiger partial charge in [-0.05, 0) is 29.8 Å². The van der Waals surface area contributed by atoms with Gasteiger partial charge in [-0.2, -0.15) is 0 Å². The number of nitrogens with one attached hydrogen (secondary N) is 1. The monoisotopic (exact) mass is 367 g/mol. The molecule has 1 heterocycles. The molecular formula is C21H25N3O3. The van der Waals surface area contributed by atoms with Crippen molar-refractivity contribution in [2.24, 2.45) is 0 Å². The van der Waals surface area contributed by atoms with Gasteiger partial charge in [0, 0.05) is 51.4 Å². The average molecular weight is 367 g/mol. The summed E-state index contributed by atoms with van der Waals surface area (Å²) in [5.74, 6) is -0.767. The zero-order valence-electron chi connectivity index (χ0n) is 15.3. The maximum Gasteiger partial charge on any atom is 0.335 e. The number of aromatic carboxylic acids is 1. The number of benzene rings is 2. The summed E-state index contributed by atoms with van der Waals surface area (Å²) in [7, 11) is 0. The van der Waals surface area contributed by atoms with Crippen LogP contribution in [0, 0.1) is 0 Å². The van der Waals surface area contributed by atoms with Crippen LogP contribution >= 0.6 is 0 Å². The molecule has 6 nitrogen and oxygen atoms in total. The van der Waals surface area contributed by atoms with Crippen molar-refractivity contribution in [1.29, 1.82) is 0 Å². The normalized spacial score (nSPS) is 14.2. The van der Waals surface area contributed by atoms with E-state index in [2.05, 4.69) is 22.3 Å². The molecule has 0 atom stereocenters. The van der Waals surface area contributed by atoms with Gasteiger partial charge in [-0.25, -0.2) is 4.79 Å². The quantitative estimate of drug-likeness (QED) is 0.734. The lowest BCUT2D eigenvalue weighted by Crippen LogP contribution is -2.49. The fourth-order valence-electron chi connectivity index (χ4n) is 3.25. The van der Waals surface area contributed by atoms with Crippen LogP contribution in [0.25, 0.3) is 0 Å². The maximum atomic E-state index is 12.4. The Kier molecular flexibility index (Phi) is 6.44. The van der Waals surface area contributed by atoms with Crippen molar-refractivity contribution >= 4 is 17.6 Å². The van der Waals surface area contributed by atoms with E-state index < -0.39 is 5.97 Å². The highest BCUT2D eigenvalue weighted by atomic mass is 16.4. The zero-order chi connectivity index (χ0) is 19.1. The molecule has 2 N–H and O–H groups in total. The van der Waals surface area contributed by atoms with E-state index in [1.54, 1.807) is 18.2 Å². The van der Waals surface area contributed by atoms with Crippen molar-refractivity contribution in [2.45, 2.75) is 13.0 Å². The van der Waals surface area contributed by atoms with Gasteiger partial charge in [0.25, 0.3) is 0 Å². The largest absolute Gasteiger partial charge is 0.478 e. The van der Waals surface area contributed by atoms with Crippen LogP contribution in [0.2, 0.25) is 0 Å². The molecule has 0 spiro atoms. The molecule has 3 rings (SSSR count). The summed E-state index contributed by atoms with van der Waals surface area (Å²) in [6, 6.07) is 17.1. The Bertz CT molecular complexity index is 771. The second-order valence-electron chi connectivity index (χ2n) is 6.64. The fourth-order valence-corrected chi connectivity index (χ4v) is 3.25. The van der Waals surface area contributed by atoms with Crippen LogP contribution in [-0.2, 0) is 11.3 Å². The molecule has 1 amide bonds. The number of piperazine rings is 1. The first-order chi connectivity index (χ1) is 13.1. The number of carboxylic acid groups (broad SMARTS) is 1. The van der Waals surface area contributed by atoms with Crippen LogP contribution in [0.1, 0.15) is 22.3 Å². The van der Waals surface area contributed by atoms with E-state index >= 15 is 0 Å². The highest BCUT2D eigenvalue weighted by molar-refractivity contribution is 5.87. The van der Waals surface area contributed by atoms with E-state index in [0.717, 1.165) is 31.7 Å². The smallest absolute Gasteiger partial charge is 0.335 e. The number of nitrogens with zero attached hydrogens (tertiary/aromatic N) is 2. The van der Waals surface area contributed by atoms with E-state index in [0.29, 0.717) is 19.5 Å². The van der Waals surface area contributed by atoms with E-state index in [1.165, 1.54) is 5.69 Å². The van der Waals surface area contributed by atoms with E-state index in [9.17, 15) is 9.59 Å². The van der Waals surface area contributed by atoms with Crippen LogP contribution in [0.4, 0.5) is 5.69 Å². The lowest BCUT2D eigenvalue weighted by atomic mass is 10.1. The highest BCUT2D eigenvalue weighted by Gasteiger charge is 2.20. The molecule has 27 heavy (non-hydrogen) atoms. The number of amides is 1. The summed E-state index contributed by atoms with van der Waals surface area (Å²) in [6.45, 7) is 4.32. The molecule has 2 aromatic rings. The van der Waals surface area contributed by atoms with Crippen molar-refractivity contribution in [2.75, 3.05) is 37.6 Å². The standard InChI is InChI=1S/C21H25N3O3/c25-20(9-10-22-16-17-5-4-6-18(15-17)21(26)27)24-13-11-23(12-14-24)19-7-2-1-3-8-19/h1-8,15,22H,9-14,16H2,(H,26,27). The van der Waals surface area contributed by atoms with E-state index in [1.807, 2.05) is 29.2 Å². The Morgan fingerprint density at radius 1 is 0.963 bits per heavy atom. The number of carbonyl (C=O) groups is 2. The van der Waals surface area contributed by atoms with Crippen LogP contribution in [0.3, 0.4) is 0 Å². The van der Waals surface area contributed by atoms with Crippen molar-refractivity contribution < 1.29 is 14.7 Å². The van der Waals surface area contributed by atoms with Gasteiger partial charge >= 0.3 is 5.97 Å². The van der Waals surface area contributed by atoms with Crippen LogP contribution in [0.15, 0.2) is 54.6 Å². The summed E-state index contributed by atoms with van der Waals surface area (Å²) in [5.41, 5.74) is 2.38. The number of hydrogen-bond donors (Lipinski definition) is 2. The first-order valence-corrected chi connectivity index (χ1v) is 9.24. The molecule has 1 aliphatic heterocycles. The Balaban J connectivity index is 1.38. The highest BCUT2D eigenvalue weighted by Crippen LogP contribution is 2.15. The predicted octanol–water partition coefficient (Wildman–Crippen LogP) is 2.21. The minimum atomic E-state index is -0.929. The van der Waals surface area contributed by atoms with Gasteiger partial charge in [-0.3, -0.25) is 4.79 Å². The Labute approximate surface area is 159 Å². The molecule has 142 valence electrons. The molecule has 0 saturated carbocycles. The molecule has 6 heteroatoms. The number of hydrogen-bond acceptors (Lipinski definition) is 4. The maximum absolute atomic E-state index is 12.4. The number of carboxylic acids is 1. The molecule has 0 aromatic heterocycles. The minimum absolute atomic E-state index is 0.162. The first kappa shape index (κ1) is 18.9. The third-order valence-electron chi connectivity index (χ3n) is 4.77. The van der Waals surface area contributed by atoms with Crippen molar-refractivity contribution in [3.05, 3.63) is 65.7 Å². The molecule has 1 fully saturated rings. The van der Waals surface area contributed by atoms with E-state index in [4.69, 9.17) is 5.11 Å². The summed E-state index contributed by atoms with van der Waals surface area (Å²) in [4.78, 5) is 27.6. The summed E-state index contributed by atoms with van der Waals surface area (Å²) in [5, 5.41) is 12.2. The van der Waals surface area contributed by atoms with Gasteiger partial charge in [0.05, 0.1) is 5.56 Å². The fraction of sp³-hybridized carbons (Fsp3) is 0.333. The minimum Gasteiger partial charge on any atom is -0.478 e. The molecule has 0 bridgehead atoms. The number of anilines is 1. The van der Waals surface area contributed by atoms with Gasteiger partial charge in [0.15, 0.2) is 0 Å². The SMILES string of the molecule is O=C(O)c1cccc(CNCCC(=O)N2CCN(c3ccccc3)CC2)c1. The lowest BCUT2D eigenvalue weighted by Gasteiger charge is -2.36. The van der Waals surface area contributed by atoms with Crippen molar-refractivity contribution in [1.82, 2.24) is 10.2 Å². The Morgan fingerprint density at radius 3 is 2.41 bits per heavy atom. The molecule has 1 aliphatic rings. The van der Waals surface area contributed by atoms with Crippen LogP contribution < -0.4 is 10.2 Å². The third-order valence-corrected chi connectivity index (χ3v) is 4.77. The molecular weight excluding hydrogens is 342 g/mol. The van der Waals surface area contributed by atoms with Gasteiger partial charge in [-0.15, -0.1) is 0 Å². The Morgan fingerprint density at radius 2 is 1.70 bits per heavy atom. The average Bonchev–Trinajstić information content (AvgIpc) is 2.72. The van der Waals surface area contributed by atoms with Crippen molar-refractivity contribution in [3.8, 4) is 0 Å². The Hall–Kier alpha value is -2.86. The third kappa shape index (κ3) is 5.31. The van der Waals surface area contributed by atoms with Crippen LogP contribution in [-0.4, -0.2) is 54.6 Å². The van der Waals surface area contributed by atoms with Gasteiger partial charge in [-0.1, -0.05) is 30.3 Å². The lowest BCUT2D eigenvalue weighted by molar-refractivity contribution is -0.131. The number of carbonyl (C=O) groups excluding carboxylic acids is 1. The summed E-state index contributed by atoms with van der Waals surface area (Å²) < 4.78 is 0.